The lowest BCUT2D eigenvalue weighted by atomic mass is 9.33. The zero-order valence-corrected chi connectivity index (χ0v) is 29.8. The van der Waals surface area contributed by atoms with Gasteiger partial charge in [0.1, 0.15) is 5.78 Å². The highest BCUT2D eigenvalue weighted by atomic mass is 16.5. The smallest absolute Gasteiger partial charge is 0.160 e. The molecule has 1 aliphatic heterocycles. The second-order valence-electron chi connectivity index (χ2n) is 16.9. The lowest BCUT2D eigenvalue weighted by molar-refractivity contribution is -0.208. The van der Waals surface area contributed by atoms with E-state index in [9.17, 15) is 30.3 Å². The number of fused-ring (bicyclic) bond motifs is 3. The summed E-state index contributed by atoms with van der Waals surface area (Å²) in [5.41, 5.74) is 2.23. The fourth-order valence-corrected chi connectivity index (χ4v) is 12.7. The minimum Gasteiger partial charge on any atom is -0.504 e. The fourth-order valence-electron chi connectivity index (χ4n) is 12.7. The number of benzene rings is 3. The molecule has 52 heavy (non-hydrogen) atoms. The van der Waals surface area contributed by atoms with E-state index in [0.29, 0.717) is 42.9 Å². The second kappa shape index (κ2) is 12.3. The average molecular weight is 704 g/mol. The Balaban J connectivity index is 1.26. The van der Waals surface area contributed by atoms with E-state index >= 15 is 0 Å². The number of ether oxygens (including phenoxy) is 1. The van der Waals surface area contributed by atoms with Crippen LogP contribution in [0.1, 0.15) is 97.4 Å². The largest absolute Gasteiger partial charge is 0.504 e. The van der Waals surface area contributed by atoms with E-state index < -0.39 is 16.9 Å². The van der Waals surface area contributed by atoms with Gasteiger partial charge in [0.2, 0.25) is 0 Å². The Morgan fingerprint density at radius 3 is 2.52 bits per heavy atom. The molecule has 0 amide bonds. The number of hydrogen-bond acceptors (Lipinski definition) is 8. The van der Waals surface area contributed by atoms with E-state index in [0.717, 1.165) is 48.8 Å². The van der Waals surface area contributed by atoms with Gasteiger partial charge in [-0.15, -0.1) is 0 Å². The van der Waals surface area contributed by atoms with E-state index in [-0.39, 0.29) is 83.4 Å². The Kier molecular flexibility index (Phi) is 7.97. The zero-order valence-electron chi connectivity index (χ0n) is 29.8. The summed E-state index contributed by atoms with van der Waals surface area (Å²) >= 11 is 0. The monoisotopic (exact) mass is 703 g/mol. The van der Waals surface area contributed by atoms with Gasteiger partial charge >= 0.3 is 0 Å². The number of carbonyl (C=O) groups excluding carboxylic acids is 1. The summed E-state index contributed by atoms with van der Waals surface area (Å²) in [5.74, 6) is 7.05. The summed E-state index contributed by atoms with van der Waals surface area (Å²) in [5, 5.41) is 60.4. The standard InChI is InChI=1S/C44H49NO7/c1-52-40-20-33(30(24-46)17-39(40)50)32-18-31(47)22-42(51)13-14-43-12-11-26-7-8-28-16-35(26)44(43,36-21-38(49)37(48)19-34(28)36)41(42)29(23-45-43)10-9-27(32)15-25-5-3-2-4-6-25/h2-6,17,19-21,26-29,32,35,41,45-46,48-51H,7-8,11-16,18,22-24H2,1H3. The molecule has 10 atom stereocenters. The van der Waals surface area contributed by atoms with Gasteiger partial charge in [-0.3, -0.25) is 4.79 Å². The summed E-state index contributed by atoms with van der Waals surface area (Å²) in [6.45, 7) is 0.269. The number of aliphatic hydroxyl groups excluding tert-OH is 1. The molecule has 1 spiro atoms. The molecule has 8 heteroatoms. The molecule has 4 fully saturated rings. The summed E-state index contributed by atoms with van der Waals surface area (Å²) in [6, 6.07) is 17.0. The molecule has 5 aliphatic carbocycles. The van der Waals surface area contributed by atoms with E-state index in [4.69, 9.17) is 4.74 Å². The molecule has 3 aromatic carbocycles. The van der Waals surface area contributed by atoms with Gasteiger partial charge < -0.3 is 35.6 Å². The number of methoxy groups -OCH3 is 1. The van der Waals surface area contributed by atoms with Crippen molar-refractivity contribution in [3.05, 3.63) is 82.4 Å². The highest BCUT2D eigenvalue weighted by Gasteiger charge is 2.75. The highest BCUT2D eigenvalue weighted by molar-refractivity contribution is 5.81. The Morgan fingerprint density at radius 1 is 0.923 bits per heavy atom. The van der Waals surface area contributed by atoms with Crippen LogP contribution in [0.25, 0.3) is 0 Å². The zero-order chi connectivity index (χ0) is 36.0. The topological polar surface area (TPSA) is 139 Å². The molecule has 272 valence electrons. The summed E-state index contributed by atoms with van der Waals surface area (Å²) in [4.78, 5) is 14.7. The van der Waals surface area contributed by atoms with Crippen LogP contribution in [0, 0.1) is 41.4 Å². The van der Waals surface area contributed by atoms with Gasteiger partial charge in [0.15, 0.2) is 23.0 Å². The third-order valence-corrected chi connectivity index (χ3v) is 14.7. The van der Waals surface area contributed by atoms with Crippen molar-refractivity contribution in [3.8, 4) is 34.8 Å². The van der Waals surface area contributed by atoms with Crippen LogP contribution in [0.2, 0.25) is 0 Å². The van der Waals surface area contributed by atoms with Gasteiger partial charge in [-0.1, -0.05) is 42.2 Å². The first-order valence-electron chi connectivity index (χ1n) is 19.2. The number of aliphatic hydroxyl groups is 2. The van der Waals surface area contributed by atoms with Crippen molar-refractivity contribution in [2.45, 2.75) is 99.2 Å². The number of hydrogen-bond donors (Lipinski definition) is 6. The second-order valence-corrected chi connectivity index (χ2v) is 16.9. The van der Waals surface area contributed by atoms with E-state index in [1.165, 1.54) is 13.2 Å². The average Bonchev–Trinajstić information content (AvgIpc) is 3.14. The molecule has 3 aromatic rings. The van der Waals surface area contributed by atoms with Crippen LogP contribution in [0.5, 0.6) is 23.0 Å². The summed E-state index contributed by atoms with van der Waals surface area (Å²) in [7, 11) is 1.49. The van der Waals surface area contributed by atoms with Gasteiger partial charge in [0.25, 0.3) is 0 Å². The number of piperidine rings is 1. The van der Waals surface area contributed by atoms with Gasteiger partial charge in [0.05, 0.1) is 19.3 Å². The van der Waals surface area contributed by atoms with E-state index in [1.807, 2.05) is 18.2 Å². The Bertz CT molecular complexity index is 1990. The molecule has 4 bridgehead atoms. The maximum atomic E-state index is 14.7. The summed E-state index contributed by atoms with van der Waals surface area (Å²) < 4.78 is 5.51. The molecule has 1 saturated heterocycles. The van der Waals surface area contributed by atoms with Crippen LogP contribution in [-0.4, -0.2) is 56.1 Å². The third kappa shape index (κ3) is 4.81. The highest BCUT2D eigenvalue weighted by Crippen LogP contribution is 2.73. The van der Waals surface area contributed by atoms with Crippen LogP contribution >= 0.6 is 0 Å². The lowest BCUT2D eigenvalue weighted by Gasteiger charge is -2.75. The summed E-state index contributed by atoms with van der Waals surface area (Å²) in [6.07, 6.45) is 7.07. The van der Waals surface area contributed by atoms with Gasteiger partial charge in [-0.2, -0.15) is 0 Å². The maximum absolute atomic E-state index is 14.7. The van der Waals surface area contributed by atoms with Crippen LogP contribution in [-0.2, 0) is 23.2 Å². The molecule has 10 unspecified atom stereocenters. The van der Waals surface area contributed by atoms with Crippen molar-refractivity contribution in [1.29, 1.82) is 0 Å². The van der Waals surface area contributed by atoms with Crippen molar-refractivity contribution >= 4 is 5.78 Å². The predicted octanol–water partition coefficient (Wildman–Crippen LogP) is 5.96. The Morgan fingerprint density at radius 2 is 1.73 bits per heavy atom. The molecule has 8 nitrogen and oxygen atoms in total. The van der Waals surface area contributed by atoms with Crippen LogP contribution in [0.3, 0.4) is 0 Å². The molecular weight excluding hydrogens is 654 g/mol. The third-order valence-electron chi connectivity index (χ3n) is 14.7. The van der Waals surface area contributed by atoms with Crippen LogP contribution < -0.4 is 10.1 Å². The lowest BCUT2D eigenvalue weighted by Crippen LogP contribution is -2.81. The number of carbonyl (C=O) groups is 1. The molecule has 0 aromatic heterocycles. The number of ketones is 1. The van der Waals surface area contributed by atoms with Crippen molar-refractivity contribution < 1.29 is 35.1 Å². The molecule has 3 saturated carbocycles. The minimum absolute atomic E-state index is 0.00781. The first kappa shape index (κ1) is 33.8. The van der Waals surface area contributed by atoms with Gasteiger partial charge in [0, 0.05) is 54.0 Å². The number of aromatic hydroxyl groups is 3. The Hall–Kier alpha value is -4.03. The first-order chi connectivity index (χ1) is 25.1. The van der Waals surface area contributed by atoms with Crippen molar-refractivity contribution in [3.63, 3.8) is 0 Å². The van der Waals surface area contributed by atoms with E-state index in [1.54, 1.807) is 18.2 Å². The number of Topliss-reactive ketones (excluding diaryl/α,β-unsaturated/α-hetero) is 1. The van der Waals surface area contributed by atoms with E-state index in [2.05, 4.69) is 29.3 Å². The molecule has 6 N–H and O–H groups in total. The van der Waals surface area contributed by atoms with Gasteiger partial charge in [-0.05, 0) is 121 Å². The fraction of sp³-hybridized carbons (Fsp3) is 0.523. The number of rotatable bonds is 5. The maximum Gasteiger partial charge on any atom is 0.160 e. The quantitative estimate of drug-likeness (QED) is 0.142. The Labute approximate surface area is 305 Å². The molecular formula is C44H49NO7. The number of nitrogens with one attached hydrogen (secondary N) is 1. The molecule has 9 rings (SSSR count). The first-order valence-corrected chi connectivity index (χ1v) is 19.2. The van der Waals surface area contributed by atoms with Gasteiger partial charge in [-0.25, -0.2) is 0 Å². The van der Waals surface area contributed by atoms with Crippen LogP contribution in [0.4, 0.5) is 0 Å². The molecule has 1 heterocycles. The predicted molar refractivity (Wildman–Crippen MR) is 195 cm³/mol. The SMILES string of the molecule is COc1cc(C2CC(=O)CC3(O)CCC45CCC6CCC7CC6C4(c4cc(O)c(O)cc47)C3C(C#CC2Cc2ccccc2)CN5)c(CO)cc1O. The van der Waals surface area contributed by atoms with Crippen molar-refractivity contribution in [1.82, 2.24) is 5.32 Å². The molecule has 6 aliphatic rings. The normalized spacial score (nSPS) is 37.1. The van der Waals surface area contributed by atoms with Crippen molar-refractivity contribution in [2.24, 2.45) is 29.6 Å². The molecule has 0 radical (unpaired) electrons. The van der Waals surface area contributed by atoms with Crippen LogP contribution in [0.15, 0.2) is 54.6 Å². The van der Waals surface area contributed by atoms with Crippen molar-refractivity contribution in [2.75, 3.05) is 13.7 Å². The number of phenols is 3. The minimum atomic E-state index is -1.33. The number of phenolic OH excluding ortho intramolecular Hbond substituents is 3.